The first-order valence-electron chi connectivity index (χ1n) is 11.5. The smallest absolute Gasteiger partial charge is 0.227 e. The zero-order valence-electron chi connectivity index (χ0n) is 19.4. The van der Waals surface area contributed by atoms with Crippen molar-refractivity contribution in [3.05, 3.63) is 65.7 Å². The van der Waals surface area contributed by atoms with Gasteiger partial charge in [-0.2, -0.15) is 5.26 Å². The first-order valence-corrected chi connectivity index (χ1v) is 11.5. The molecule has 1 N–H and O–H groups in total. The van der Waals surface area contributed by atoms with E-state index >= 15 is 0 Å². The minimum Gasteiger partial charge on any atom is -0.352 e. The van der Waals surface area contributed by atoms with Crippen LogP contribution in [0.4, 0.5) is 5.69 Å². The summed E-state index contributed by atoms with van der Waals surface area (Å²) in [4.78, 5) is 31.5. The molecule has 1 aliphatic rings. The Hall–Kier alpha value is -3.21. The van der Waals surface area contributed by atoms with Crippen LogP contribution in [-0.2, 0) is 22.7 Å². The van der Waals surface area contributed by atoms with E-state index in [0.717, 1.165) is 44.0 Å². The number of carbonyl (C=O) groups excluding carboxylic acids is 2. The lowest BCUT2D eigenvalue weighted by Gasteiger charge is -2.32. The zero-order chi connectivity index (χ0) is 23.5. The van der Waals surface area contributed by atoms with Crippen molar-refractivity contribution in [2.24, 2.45) is 0 Å². The molecule has 3 rings (SSSR count). The van der Waals surface area contributed by atoms with Gasteiger partial charge < -0.3 is 15.1 Å². The molecule has 174 valence electrons. The number of anilines is 1. The number of rotatable bonds is 10. The van der Waals surface area contributed by atoms with Crippen LogP contribution in [0.2, 0.25) is 0 Å². The van der Waals surface area contributed by atoms with Gasteiger partial charge in [0.05, 0.1) is 12.5 Å². The molecule has 1 heterocycles. The highest BCUT2D eigenvalue weighted by Crippen LogP contribution is 2.16. The lowest BCUT2D eigenvalue weighted by molar-refractivity contribution is -0.125. The Bertz CT molecular complexity index is 949. The van der Waals surface area contributed by atoms with Gasteiger partial charge in [-0.25, -0.2) is 0 Å². The van der Waals surface area contributed by atoms with E-state index < -0.39 is 0 Å². The molecule has 0 aliphatic carbocycles. The van der Waals surface area contributed by atoms with Crippen LogP contribution in [0.5, 0.6) is 0 Å². The summed E-state index contributed by atoms with van der Waals surface area (Å²) in [5.41, 5.74) is 3.05. The highest BCUT2D eigenvalue weighted by Gasteiger charge is 2.17. The van der Waals surface area contributed by atoms with Gasteiger partial charge in [-0.15, -0.1) is 0 Å². The monoisotopic (exact) mass is 447 g/mol. The van der Waals surface area contributed by atoms with Crippen LogP contribution in [0.15, 0.2) is 54.6 Å². The normalized spacial score (nSPS) is 14.4. The molecule has 7 nitrogen and oxygen atoms in total. The molecule has 0 saturated carbocycles. The predicted molar refractivity (Wildman–Crippen MR) is 129 cm³/mol. The van der Waals surface area contributed by atoms with Gasteiger partial charge in [-0.3, -0.25) is 14.5 Å². The van der Waals surface area contributed by atoms with Gasteiger partial charge in [0.2, 0.25) is 11.8 Å². The second-order valence-electron chi connectivity index (χ2n) is 8.47. The number of hydrogen-bond donors (Lipinski definition) is 1. The molecule has 1 fully saturated rings. The van der Waals surface area contributed by atoms with Crippen LogP contribution in [0.25, 0.3) is 0 Å². The van der Waals surface area contributed by atoms with Crippen molar-refractivity contribution in [3.63, 3.8) is 0 Å². The van der Waals surface area contributed by atoms with Crippen LogP contribution in [0.3, 0.4) is 0 Å². The fourth-order valence-electron chi connectivity index (χ4n) is 3.91. The third-order valence-electron chi connectivity index (χ3n) is 5.87. The Morgan fingerprint density at radius 3 is 2.45 bits per heavy atom. The van der Waals surface area contributed by atoms with E-state index in [2.05, 4.69) is 40.4 Å². The number of piperazine rings is 1. The summed E-state index contributed by atoms with van der Waals surface area (Å²) in [6.45, 7) is 6.00. The maximum absolute atomic E-state index is 12.7. The van der Waals surface area contributed by atoms with E-state index in [1.807, 2.05) is 42.5 Å². The molecule has 2 amide bonds. The number of nitrogens with one attached hydrogen (secondary N) is 1. The number of para-hydroxylation sites is 1. The highest BCUT2D eigenvalue weighted by molar-refractivity contribution is 5.95. The number of nitrogens with zero attached hydrogens (tertiary/aromatic N) is 4. The lowest BCUT2D eigenvalue weighted by atomic mass is 10.1. The topological polar surface area (TPSA) is 79.7 Å². The second kappa shape index (κ2) is 12.7. The van der Waals surface area contributed by atoms with E-state index in [-0.39, 0.29) is 31.1 Å². The van der Waals surface area contributed by atoms with Crippen LogP contribution in [0, 0.1) is 11.3 Å². The van der Waals surface area contributed by atoms with Crippen LogP contribution in [0.1, 0.15) is 30.4 Å². The Morgan fingerprint density at radius 1 is 1.00 bits per heavy atom. The second-order valence-corrected chi connectivity index (χ2v) is 8.47. The van der Waals surface area contributed by atoms with Gasteiger partial charge in [0.25, 0.3) is 0 Å². The minimum absolute atomic E-state index is 0.107. The lowest BCUT2D eigenvalue weighted by Crippen LogP contribution is -2.43. The van der Waals surface area contributed by atoms with Crippen molar-refractivity contribution in [1.29, 1.82) is 5.26 Å². The number of nitriles is 1. The van der Waals surface area contributed by atoms with Crippen molar-refractivity contribution in [1.82, 2.24) is 15.1 Å². The van der Waals surface area contributed by atoms with Crippen molar-refractivity contribution in [3.8, 4) is 6.07 Å². The Labute approximate surface area is 196 Å². The standard InChI is InChI=1S/C26H33N5O2/c1-29-15-17-30(18-16-29)21-23-8-5-7-22(19-23)20-28-25(32)11-12-26(33)31(14-6-13-27)24-9-3-2-4-10-24/h2-5,7-10,19H,6,11-12,14-18,20-21H2,1H3,(H,28,32). The number of hydrogen-bond acceptors (Lipinski definition) is 5. The molecule has 33 heavy (non-hydrogen) atoms. The number of amides is 2. The molecule has 1 aliphatic heterocycles. The van der Waals surface area contributed by atoms with Crippen LogP contribution >= 0.6 is 0 Å². The maximum atomic E-state index is 12.7. The summed E-state index contributed by atoms with van der Waals surface area (Å²) < 4.78 is 0. The Morgan fingerprint density at radius 2 is 1.73 bits per heavy atom. The molecule has 0 aromatic heterocycles. The van der Waals surface area contributed by atoms with E-state index in [1.165, 1.54) is 5.56 Å². The van der Waals surface area contributed by atoms with Crippen molar-refractivity contribution >= 4 is 17.5 Å². The molecule has 2 aromatic rings. The van der Waals surface area contributed by atoms with Crippen molar-refractivity contribution in [2.45, 2.75) is 32.4 Å². The molecule has 0 spiro atoms. The van der Waals surface area contributed by atoms with E-state index in [0.29, 0.717) is 13.1 Å². The molecule has 0 atom stereocenters. The molecule has 1 saturated heterocycles. The quantitative estimate of drug-likeness (QED) is 0.606. The predicted octanol–water partition coefficient (Wildman–Crippen LogP) is 2.78. The van der Waals surface area contributed by atoms with E-state index in [1.54, 1.807) is 4.90 Å². The Kier molecular flexibility index (Phi) is 9.43. The number of benzene rings is 2. The van der Waals surface area contributed by atoms with Gasteiger partial charge in [0.1, 0.15) is 0 Å². The summed E-state index contributed by atoms with van der Waals surface area (Å²) in [5, 5.41) is 11.8. The third kappa shape index (κ3) is 8.01. The first-order chi connectivity index (χ1) is 16.0. The summed E-state index contributed by atoms with van der Waals surface area (Å²) >= 11 is 0. The van der Waals surface area contributed by atoms with Gasteiger partial charge >= 0.3 is 0 Å². The minimum atomic E-state index is -0.152. The highest BCUT2D eigenvalue weighted by atomic mass is 16.2. The van der Waals surface area contributed by atoms with Gasteiger partial charge in [0.15, 0.2) is 0 Å². The number of likely N-dealkylation sites (N-methyl/N-ethyl adjacent to an activating group) is 1. The van der Waals surface area contributed by atoms with E-state index in [9.17, 15) is 9.59 Å². The van der Waals surface area contributed by atoms with Gasteiger partial charge in [-0.05, 0) is 30.3 Å². The fraction of sp³-hybridized carbons (Fsp3) is 0.423. The van der Waals surface area contributed by atoms with Crippen LogP contribution < -0.4 is 10.2 Å². The zero-order valence-corrected chi connectivity index (χ0v) is 19.4. The third-order valence-corrected chi connectivity index (χ3v) is 5.87. The molecular weight excluding hydrogens is 414 g/mol. The SMILES string of the molecule is CN1CCN(Cc2cccc(CNC(=O)CCC(=O)N(CCC#N)c3ccccc3)c2)CC1. The molecule has 0 unspecified atom stereocenters. The average molecular weight is 448 g/mol. The first kappa shape index (κ1) is 24.4. The van der Waals surface area contributed by atoms with E-state index in [4.69, 9.17) is 5.26 Å². The number of carbonyl (C=O) groups is 2. The van der Waals surface area contributed by atoms with Crippen molar-refractivity contribution < 1.29 is 9.59 Å². The van der Waals surface area contributed by atoms with Crippen LogP contribution in [-0.4, -0.2) is 61.4 Å². The molecule has 2 aromatic carbocycles. The Balaban J connectivity index is 1.46. The summed E-state index contributed by atoms with van der Waals surface area (Å²) in [6.07, 6.45) is 0.475. The summed E-state index contributed by atoms with van der Waals surface area (Å²) in [5.74, 6) is -0.304. The van der Waals surface area contributed by atoms with Crippen molar-refractivity contribution in [2.75, 3.05) is 44.7 Å². The molecular formula is C26H33N5O2. The summed E-state index contributed by atoms with van der Waals surface area (Å²) in [6, 6.07) is 19.7. The van der Waals surface area contributed by atoms with Gasteiger partial charge in [0, 0.05) is 64.3 Å². The average Bonchev–Trinajstić information content (AvgIpc) is 2.84. The summed E-state index contributed by atoms with van der Waals surface area (Å²) in [7, 11) is 2.15. The maximum Gasteiger partial charge on any atom is 0.227 e. The largest absolute Gasteiger partial charge is 0.352 e. The molecule has 7 heteroatoms. The molecule has 0 bridgehead atoms. The fourth-order valence-corrected chi connectivity index (χ4v) is 3.91. The molecule has 0 radical (unpaired) electrons. The van der Waals surface area contributed by atoms with Gasteiger partial charge in [-0.1, -0.05) is 42.5 Å².